The normalized spacial score (nSPS) is 12.7. The van der Waals surface area contributed by atoms with Gasteiger partial charge in [-0.15, -0.1) is 0 Å². The van der Waals surface area contributed by atoms with Crippen LogP contribution in [0.5, 0.6) is 5.75 Å². The Morgan fingerprint density at radius 3 is 2.41 bits per heavy atom. The second kappa shape index (κ2) is 10.8. The average Bonchev–Trinajstić information content (AvgIpc) is 2.71. The van der Waals surface area contributed by atoms with Crippen molar-refractivity contribution in [3.8, 4) is 5.75 Å². The van der Waals surface area contributed by atoms with Crippen LogP contribution in [0.1, 0.15) is 32.8 Å². The number of ether oxygens (including phenoxy) is 1. The molecular formula is C22H26ClFN2O3. The van der Waals surface area contributed by atoms with Crippen LogP contribution in [-0.2, 0) is 16.1 Å². The van der Waals surface area contributed by atoms with Crippen molar-refractivity contribution in [2.45, 2.75) is 45.8 Å². The first kappa shape index (κ1) is 22.7. The Morgan fingerprint density at radius 1 is 1.14 bits per heavy atom. The van der Waals surface area contributed by atoms with E-state index in [9.17, 15) is 14.0 Å². The molecule has 2 aromatic rings. The molecule has 0 radical (unpaired) electrons. The lowest BCUT2D eigenvalue weighted by molar-refractivity contribution is -0.142. The number of hydrogen-bond donors (Lipinski definition) is 1. The van der Waals surface area contributed by atoms with Crippen molar-refractivity contribution < 1.29 is 18.7 Å². The van der Waals surface area contributed by atoms with E-state index in [2.05, 4.69) is 5.32 Å². The second-order valence-electron chi connectivity index (χ2n) is 6.86. The van der Waals surface area contributed by atoms with Crippen LogP contribution < -0.4 is 10.1 Å². The van der Waals surface area contributed by atoms with Crippen LogP contribution in [0.15, 0.2) is 48.5 Å². The third kappa shape index (κ3) is 6.75. The highest BCUT2D eigenvalue weighted by molar-refractivity contribution is 6.32. The van der Waals surface area contributed by atoms with E-state index >= 15 is 0 Å². The molecule has 0 aliphatic carbocycles. The predicted octanol–water partition coefficient (Wildman–Crippen LogP) is 4.19. The highest BCUT2D eigenvalue weighted by Crippen LogP contribution is 2.23. The Labute approximate surface area is 175 Å². The Bertz CT molecular complexity index is 829. The van der Waals surface area contributed by atoms with Gasteiger partial charge >= 0.3 is 0 Å². The van der Waals surface area contributed by atoms with Crippen molar-refractivity contribution in [3.63, 3.8) is 0 Å². The summed E-state index contributed by atoms with van der Waals surface area (Å²) in [4.78, 5) is 26.9. The van der Waals surface area contributed by atoms with Crippen LogP contribution in [0.25, 0.3) is 0 Å². The van der Waals surface area contributed by atoms with Crippen LogP contribution in [0.3, 0.4) is 0 Å². The Balaban J connectivity index is 2.15. The summed E-state index contributed by atoms with van der Waals surface area (Å²) in [6.45, 7) is 5.41. The molecule has 0 saturated heterocycles. The van der Waals surface area contributed by atoms with Gasteiger partial charge in [0.05, 0.1) is 5.02 Å². The molecule has 0 aliphatic heterocycles. The number of hydrogen-bond acceptors (Lipinski definition) is 3. The molecule has 0 aromatic heterocycles. The van der Waals surface area contributed by atoms with Gasteiger partial charge in [0.25, 0.3) is 5.91 Å². The van der Waals surface area contributed by atoms with Gasteiger partial charge in [-0.2, -0.15) is 0 Å². The lowest BCUT2D eigenvalue weighted by atomic mass is 10.1. The van der Waals surface area contributed by atoms with Crippen molar-refractivity contribution in [2.24, 2.45) is 0 Å². The van der Waals surface area contributed by atoms with E-state index in [0.29, 0.717) is 16.3 Å². The molecule has 29 heavy (non-hydrogen) atoms. The minimum atomic E-state index is -0.726. The van der Waals surface area contributed by atoms with E-state index in [-0.39, 0.29) is 36.8 Å². The summed E-state index contributed by atoms with van der Waals surface area (Å²) < 4.78 is 18.8. The molecule has 0 bridgehead atoms. The number of benzene rings is 2. The van der Waals surface area contributed by atoms with E-state index in [4.69, 9.17) is 16.3 Å². The van der Waals surface area contributed by atoms with Crippen LogP contribution in [-0.4, -0.2) is 35.4 Å². The number of carbonyl (C=O) groups is 2. The molecular weight excluding hydrogens is 395 g/mol. The molecule has 1 N–H and O–H groups in total. The molecule has 2 aromatic carbocycles. The van der Waals surface area contributed by atoms with Crippen molar-refractivity contribution in [1.82, 2.24) is 10.2 Å². The smallest absolute Gasteiger partial charge is 0.261 e. The van der Waals surface area contributed by atoms with Crippen molar-refractivity contribution in [2.75, 3.05) is 6.61 Å². The van der Waals surface area contributed by atoms with Crippen LogP contribution in [0.2, 0.25) is 5.02 Å². The number of carbonyl (C=O) groups excluding carboxylic acids is 2. The zero-order valence-electron chi connectivity index (χ0n) is 16.8. The van der Waals surface area contributed by atoms with E-state index < -0.39 is 6.04 Å². The molecule has 0 unspecified atom stereocenters. The standard InChI is InChI=1S/C22H26ClFN2O3/c1-4-15(2)25-22(28)16(3)26(13-17-9-11-18(24)12-10-17)21(27)14-29-20-8-6-5-7-19(20)23/h5-12,15-16H,4,13-14H2,1-3H3,(H,25,28)/t15-,16-/m0/s1. The summed E-state index contributed by atoms with van der Waals surface area (Å²) in [5.41, 5.74) is 0.709. The van der Waals surface area contributed by atoms with E-state index in [1.807, 2.05) is 13.8 Å². The SMILES string of the molecule is CC[C@H](C)NC(=O)[C@H](C)N(Cc1ccc(F)cc1)C(=O)COc1ccccc1Cl. The molecule has 0 saturated carbocycles. The fourth-order valence-electron chi connectivity index (χ4n) is 2.62. The van der Waals surface area contributed by atoms with E-state index in [1.165, 1.54) is 17.0 Å². The molecule has 0 spiro atoms. The topological polar surface area (TPSA) is 58.6 Å². The summed E-state index contributed by atoms with van der Waals surface area (Å²) >= 11 is 6.07. The summed E-state index contributed by atoms with van der Waals surface area (Å²) in [5, 5.41) is 3.28. The third-order valence-corrected chi connectivity index (χ3v) is 4.93. The molecule has 7 heteroatoms. The number of amides is 2. The highest BCUT2D eigenvalue weighted by atomic mass is 35.5. The van der Waals surface area contributed by atoms with Crippen LogP contribution >= 0.6 is 11.6 Å². The van der Waals surface area contributed by atoms with Gasteiger partial charge in [-0.3, -0.25) is 9.59 Å². The largest absolute Gasteiger partial charge is 0.482 e. The van der Waals surface area contributed by atoms with Gasteiger partial charge in [-0.05, 0) is 50.1 Å². The predicted molar refractivity (Wildman–Crippen MR) is 111 cm³/mol. The van der Waals surface area contributed by atoms with E-state index in [0.717, 1.165) is 6.42 Å². The average molecular weight is 421 g/mol. The first-order chi connectivity index (χ1) is 13.8. The number of rotatable bonds is 9. The summed E-state index contributed by atoms with van der Waals surface area (Å²) in [6, 6.07) is 11.9. The first-order valence-corrected chi connectivity index (χ1v) is 9.91. The molecule has 156 valence electrons. The maximum atomic E-state index is 13.2. The monoisotopic (exact) mass is 420 g/mol. The Morgan fingerprint density at radius 2 is 1.79 bits per heavy atom. The first-order valence-electron chi connectivity index (χ1n) is 9.53. The fourth-order valence-corrected chi connectivity index (χ4v) is 2.81. The maximum Gasteiger partial charge on any atom is 0.261 e. The summed E-state index contributed by atoms with van der Waals surface area (Å²) in [5.74, 6) is -0.606. The maximum absolute atomic E-state index is 13.2. The zero-order chi connectivity index (χ0) is 21.4. The summed E-state index contributed by atoms with van der Waals surface area (Å²) in [7, 11) is 0. The quantitative estimate of drug-likeness (QED) is 0.661. The van der Waals surface area contributed by atoms with Crippen molar-refractivity contribution in [1.29, 1.82) is 0 Å². The van der Waals surface area contributed by atoms with Crippen LogP contribution in [0.4, 0.5) is 4.39 Å². The molecule has 0 aliphatic rings. The number of nitrogens with one attached hydrogen (secondary N) is 1. The third-order valence-electron chi connectivity index (χ3n) is 4.62. The van der Waals surface area contributed by atoms with Crippen molar-refractivity contribution in [3.05, 3.63) is 64.9 Å². The molecule has 5 nitrogen and oxygen atoms in total. The molecule has 2 rings (SSSR count). The second-order valence-corrected chi connectivity index (χ2v) is 7.27. The van der Waals surface area contributed by atoms with Gasteiger partial charge < -0.3 is 15.0 Å². The van der Waals surface area contributed by atoms with Gasteiger partial charge in [0.15, 0.2) is 6.61 Å². The number of nitrogens with zero attached hydrogens (tertiary/aromatic N) is 1. The van der Waals surface area contributed by atoms with Gasteiger partial charge in [0, 0.05) is 12.6 Å². The highest BCUT2D eigenvalue weighted by Gasteiger charge is 2.27. The van der Waals surface area contributed by atoms with Gasteiger partial charge in [0.1, 0.15) is 17.6 Å². The zero-order valence-corrected chi connectivity index (χ0v) is 17.6. The number of halogens is 2. The molecule has 2 amide bonds. The Kier molecular flexibility index (Phi) is 8.46. The lowest BCUT2D eigenvalue weighted by Crippen LogP contribution is -2.50. The van der Waals surface area contributed by atoms with Crippen LogP contribution in [0, 0.1) is 5.82 Å². The summed E-state index contributed by atoms with van der Waals surface area (Å²) in [6.07, 6.45) is 0.778. The minimum Gasteiger partial charge on any atom is -0.482 e. The molecule has 0 heterocycles. The minimum absolute atomic E-state index is 0.00732. The van der Waals surface area contributed by atoms with Crippen molar-refractivity contribution >= 4 is 23.4 Å². The Hall–Kier alpha value is -2.60. The molecule has 0 fully saturated rings. The van der Waals surface area contributed by atoms with Gasteiger partial charge in [-0.25, -0.2) is 4.39 Å². The fraction of sp³-hybridized carbons (Fsp3) is 0.364. The van der Waals surface area contributed by atoms with E-state index in [1.54, 1.807) is 43.3 Å². The lowest BCUT2D eigenvalue weighted by Gasteiger charge is -2.29. The van der Waals surface area contributed by atoms with Gasteiger partial charge in [0.2, 0.25) is 5.91 Å². The number of para-hydroxylation sites is 1. The van der Waals surface area contributed by atoms with Gasteiger partial charge in [-0.1, -0.05) is 42.8 Å². The molecule has 2 atom stereocenters.